The first-order valence-electron chi connectivity index (χ1n) is 6.69. The van der Waals surface area contributed by atoms with Crippen molar-refractivity contribution in [2.45, 2.75) is 46.0 Å². The summed E-state index contributed by atoms with van der Waals surface area (Å²) in [6, 6.07) is 8.35. The van der Waals surface area contributed by atoms with Crippen molar-refractivity contribution in [2.24, 2.45) is 0 Å². The smallest absolute Gasteiger partial charge is 0.0750 e. The van der Waals surface area contributed by atoms with E-state index < -0.39 is 0 Å². The van der Waals surface area contributed by atoms with Gasteiger partial charge in [0, 0.05) is 10.0 Å². The molecule has 1 rings (SSSR count). The van der Waals surface area contributed by atoms with Crippen LogP contribution in [0.5, 0.6) is 0 Å². The molecule has 0 saturated heterocycles. The molecule has 0 spiro atoms. The summed E-state index contributed by atoms with van der Waals surface area (Å²) in [4.78, 5) is 0. The minimum absolute atomic E-state index is 0.563. The van der Waals surface area contributed by atoms with Crippen LogP contribution in [0.4, 0.5) is 0 Å². The fraction of sp³-hybridized carbons (Fsp3) is 0.438. The highest BCUT2D eigenvalue weighted by molar-refractivity contribution is 9.12. The fourth-order valence-electron chi connectivity index (χ4n) is 1.92. The molecule has 2 heteroatoms. The topological polar surface area (TPSA) is 23.9 Å². The fourth-order valence-corrected chi connectivity index (χ4v) is 2.15. The Labute approximate surface area is 119 Å². The van der Waals surface area contributed by atoms with E-state index in [1.807, 2.05) is 19.1 Å². The van der Waals surface area contributed by atoms with Crippen molar-refractivity contribution in [3.8, 4) is 0 Å². The van der Waals surface area contributed by atoms with Crippen LogP contribution in [0.15, 0.2) is 34.8 Å². The zero-order valence-corrected chi connectivity index (χ0v) is 12.9. The molecule has 0 amide bonds. The van der Waals surface area contributed by atoms with Gasteiger partial charge in [-0.2, -0.15) is 0 Å². The predicted octanol–water partition coefficient (Wildman–Crippen LogP) is 5.48. The molecule has 98 valence electrons. The number of benzene rings is 1. The molecule has 0 atom stereocenters. The van der Waals surface area contributed by atoms with Crippen molar-refractivity contribution in [2.75, 3.05) is 0 Å². The molecule has 1 aromatic carbocycles. The van der Waals surface area contributed by atoms with Crippen LogP contribution in [-0.2, 0) is 6.42 Å². The average molecular weight is 308 g/mol. The van der Waals surface area contributed by atoms with Crippen molar-refractivity contribution < 1.29 is 0 Å². The monoisotopic (exact) mass is 307 g/mol. The number of aryl methyl sites for hydroxylation is 1. The van der Waals surface area contributed by atoms with Crippen molar-refractivity contribution in [1.82, 2.24) is 0 Å². The van der Waals surface area contributed by atoms with Gasteiger partial charge in [-0.1, -0.05) is 50.5 Å². The molecular formula is C16H22BrN. The Morgan fingerprint density at radius 1 is 1.28 bits per heavy atom. The largest absolute Gasteiger partial charge is 0.299 e. The van der Waals surface area contributed by atoms with Crippen LogP contribution in [0.2, 0.25) is 0 Å². The second-order valence-electron chi connectivity index (χ2n) is 4.52. The van der Waals surface area contributed by atoms with Crippen LogP contribution in [0, 0.1) is 5.41 Å². The summed E-state index contributed by atoms with van der Waals surface area (Å²) < 4.78 is 0.852. The van der Waals surface area contributed by atoms with Gasteiger partial charge in [-0.25, -0.2) is 0 Å². The van der Waals surface area contributed by atoms with Crippen LogP contribution in [0.1, 0.15) is 50.7 Å². The quantitative estimate of drug-likeness (QED) is 0.510. The number of rotatable bonds is 7. The molecule has 0 unspecified atom stereocenters. The van der Waals surface area contributed by atoms with Gasteiger partial charge in [0.15, 0.2) is 0 Å². The van der Waals surface area contributed by atoms with Crippen LogP contribution >= 0.6 is 15.9 Å². The Morgan fingerprint density at radius 3 is 2.72 bits per heavy atom. The minimum Gasteiger partial charge on any atom is -0.299 e. The molecule has 1 nitrogen and oxygen atoms in total. The third kappa shape index (κ3) is 4.77. The molecule has 0 aliphatic heterocycles. The molecule has 0 aliphatic rings. The summed E-state index contributed by atoms with van der Waals surface area (Å²) in [7, 11) is 0. The van der Waals surface area contributed by atoms with Gasteiger partial charge >= 0.3 is 0 Å². The lowest BCUT2D eigenvalue weighted by Crippen LogP contribution is -1.99. The molecule has 0 heterocycles. The first-order valence-corrected chi connectivity index (χ1v) is 7.48. The normalized spacial score (nSPS) is 11.6. The van der Waals surface area contributed by atoms with E-state index in [1.165, 1.54) is 31.2 Å². The number of nitrogens with one attached hydrogen (secondary N) is 1. The van der Waals surface area contributed by atoms with Gasteiger partial charge in [-0.3, -0.25) is 5.41 Å². The summed E-state index contributed by atoms with van der Waals surface area (Å²) in [5, 5.41) is 8.06. The van der Waals surface area contributed by atoms with Gasteiger partial charge in [-0.15, -0.1) is 0 Å². The minimum atomic E-state index is 0.563. The standard InChI is InChI=1S/C16H22BrN/c1-3-5-6-7-9-13-10-8-11-14(12-13)16(18)15(17)4-2/h4,8,10-12,18H,3,5-7,9H2,1-2H3/b15-4+,18-16?. The van der Waals surface area contributed by atoms with E-state index in [4.69, 9.17) is 5.41 Å². The molecule has 0 radical (unpaired) electrons. The SMILES string of the molecule is C/C=C(/Br)C(=N)c1cccc(CCCCCC)c1. The van der Waals surface area contributed by atoms with Crippen LogP contribution in [0.25, 0.3) is 0 Å². The van der Waals surface area contributed by atoms with Gasteiger partial charge < -0.3 is 0 Å². The van der Waals surface area contributed by atoms with Gasteiger partial charge in [0.25, 0.3) is 0 Å². The van der Waals surface area contributed by atoms with E-state index in [-0.39, 0.29) is 0 Å². The van der Waals surface area contributed by atoms with Gasteiger partial charge in [0.2, 0.25) is 0 Å². The van der Waals surface area contributed by atoms with E-state index in [1.54, 1.807) is 0 Å². The Kier molecular flexibility index (Phi) is 6.96. The Balaban J connectivity index is 2.65. The first-order chi connectivity index (χ1) is 8.69. The maximum Gasteiger partial charge on any atom is 0.0750 e. The molecule has 1 N–H and O–H groups in total. The first kappa shape index (κ1) is 15.2. The molecule has 0 aromatic heterocycles. The number of unbranched alkanes of at least 4 members (excludes halogenated alkanes) is 3. The molecule has 1 aromatic rings. The Morgan fingerprint density at radius 2 is 2.06 bits per heavy atom. The number of hydrogen-bond donors (Lipinski definition) is 1. The van der Waals surface area contributed by atoms with Crippen molar-refractivity contribution in [3.05, 3.63) is 46.0 Å². The second kappa shape index (κ2) is 8.25. The highest BCUT2D eigenvalue weighted by Gasteiger charge is 2.05. The van der Waals surface area contributed by atoms with Crippen LogP contribution < -0.4 is 0 Å². The third-order valence-electron chi connectivity index (χ3n) is 3.03. The molecule has 0 fully saturated rings. The molecule has 0 bridgehead atoms. The van der Waals surface area contributed by atoms with E-state index in [0.717, 1.165) is 16.5 Å². The number of halogens is 1. The maximum atomic E-state index is 8.06. The van der Waals surface area contributed by atoms with E-state index >= 15 is 0 Å². The zero-order valence-electron chi connectivity index (χ0n) is 11.3. The lowest BCUT2D eigenvalue weighted by atomic mass is 10.0. The molecule has 0 saturated carbocycles. The van der Waals surface area contributed by atoms with Gasteiger partial charge in [0.05, 0.1) is 5.71 Å². The Bertz CT molecular complexity index is 421. The zero-order chi connectivity index (χ0) is 13.4. The van der Waals surface area contributed by atoms with Crippen molar-refractivity contribution in [1.29, 1.82) is 5.41 Å². The van der Waals surface area contributed by atoms with Crippen LogP contribution in [-0.4, -0.2) is 5.71 Å². The van der Waals surface area contributed by atoms with Crippen LogP contribution in [0.3, 0.4) is 0 Å². The third-order valence-corrected chi connectivity index (χ3v) is 3.88. The molecular weight excluding hydrogens is 286 g/mol. The summed E-state index contributed by atoms with van der Waals surface area (Å²) in [6.45, 7) is 4.17. The average Bonchev–Trinajstić information content (AvgIpc) is 2.42. The lowest BCUT2D eigenvalue weighted by molar-refractivity contribution is 0.667. The summed E-state index contributed by atoms with van der Waals surface area (Å²) in [6.07, 6.45) is 8.18. The maximum absolute atomic E-state index is 8.06. The summed E-state index contributed by atoms with van der Waals surface area (Å²) in [5.74, 6) is 0. The summed E-state index contributed by atoms with van der Waals surface area (Å²) in [5.41, 5.74) is 2.89. The summed E-state index contributed by atoms with van der Waals surface area (Å²) >= 11 is 3.41. The van der Waals surface area contributed by atoms with Gasteiger partial charge in [0.1, 0.15) is 0 Å². The van der Waals surface area contributed by atoms with E-state index in [2.05, 4.69) is 41.1 Å². The second-order valence-corrected chi connectivity index (χ2v) is 5.38. The number of hydrogen-bond acceptors (Lipinski definition) is 1. The predicted molar refractivity (Wildman–Crippen MR) is 83.8 cm³/mol. The van der Waals surface area contributed by atoms with E-state index in [9.17, 15) is 0 Å². The van der Waals surface area contributed by atoms with E-state index in [0.29, 0.717) is 5.71 Å². The Hall–Kier alpha value is -0.890. The van der Waals surface area contributed by atoms with Gasteiger partial charge in [-0.05, 0) is 47.3 Å². The van der Waals surface area contributed by atoms with Crippen molar-refractivity contribution >= 4 is 21.6 Å². The van der Waals surface area contributed by atoms with Crippen molar-refractivity contribution in [3.63, 3.8) is 0 Å². The highest BCUT2D eigenvalue weighted by atomic mass is 79.9. The number of allylic oxidation sites excluding steroid dienone is 2. The highest BCUT2D eigenvalue weighted by Crippen LogP contribution is 2.16. The lowest BCUT2D eigenvalue weighted by Gasteiger charge is -2.06. The molecule has 0 aliphatic carbocycles. The molecule has 18 heavy (non-hydrogen) atoms.